The number of halogens is 2. The van der Waals surface area contributed by atoms with Crippen molar-refractivity contribution in [3.8, 4) is 0 Å². The highest BCUT2D eigenvalue weighted by Crippen LogP contribution is 2.25. The fraction of sp³-hybridized carbons (Fsp3) is 0.0769. The lowest BCUT2D eigenvalue weighted by Gasteiger charge is -2.08. The number of hydrogen-bond acceptors (Lipinski definition) is 3. The van der Waals surface area contributed by atoms with Gasteiger partial charge in [-0.15, -0.1) is 0 Å². The van der Waals surface area contributed by atoms with E-state index in [1.54, 1.807) is 0 Å². The van der Waals surface area contributed by atoms with E-state index >= 15 is 0 Å². The highest BCUT2D eigenvalue weighted by molar-refractivity contribution is 7.90. The fourth-order valence-corrected chi connectivity index (χ4v) is 3.41. The molecule has 0 heterocycles. The Labute approximate surface area is 115 Å². The van der Waals surface area contributed by atoms with E-state index in [-0.39, 0.29) is 16.3 Å². The van der Waals surface area contributed by atoms with Gasteiger partial charge in [0.05, 0.1) is 16.3 Å². The molecule has 6 heteroatoms. The SMILES string of the molecule is Nc1ccc(Cl)cc1S(=O)(=O)Cc1ccc(F)cc1. The molecule has 0 radical (unpaired) electrons. The van der Waals surface area contributed by atoms with Crippen molar-refractivity contribution in [2.24, 2.45) is 0 Å². The van der Waals surface area contributed by atoms with Crippen LogP contribution in [0.1, 0.15) is 5.56 Å². The number of nitrogen functional groups attached to an aromatic ring is 1. The standard InChI is InChI=1S/C13H11ClFNO2S/c14-10-3-6-12(16)13(7-10)19(17,18)8-9-1-4-11(15)5-2-9/h1-7H,8,16H2. The lowest BCUT2D eigenvalue weighted by atomic mass is 10.2. The third-order valence-electron chi connectivity index (χ3n) is 2.58. The van der Waals surface area contributed by atoms with E-state index in [9.17, 15) is 12.8 Å². The first-order valence-electron chi connectivity index (χ1n) is 5.41. The third kappa shape index (κ3) is 3.24. The Hall–Kier alpha value is -1.59. The maximum absolute atomic E-state index is 12.8. The molecule has 0 aliphatic carbocycles. The van der Waals surface area contributed by atoms with Crippen molar-refractivity contribution >= 4 is 27.1 Å². The predicted octanol–water partition coefficient (Wildman–Crippen LogP) is 3.04. The van der Waals surface area contributed by atoms with Crippen molar-refractivity contribution in [1.82, 2.24) is 0 Å². The summed E-state index contributed by atoms with van der Waals surface area (Å²) in [5, 5.41) is 0.298. The molecule has 0 aliphatic rings. The van der Waals surface area contributed by atoms with Crippen LogP contribution in [0.25, 0.3) is 0 Å². The lowest BCUT2D eigenvalue weighted by molar-refractivity contribution is 0.595. The molecular weight excluding hydrogens is 289 g/mol. The number of sulfone groups is 1. The maximum atomic E-state index is 12.8. The smallest absolute Gasteiger partial charge is 0.184 e. The molecule has 2 N–H and O–H groups in total. The van der Waals surface area contributed by atoms with Crippen LogP contribution in [0.5, 0.6) is 0 Å². The first-order valence-corrected chi connectivity index (χ1v) is 7.44. The lowest BCUT2D eigenvalue weighted by Crippen LogP contribution is -2.08. The molecule has 0 unspecified atom stereocenters. The van der Waals surface area contributed by atoms with Gasteiger partial charge in [0.15, 0.2) is 9.84 Å². The molecule has 0 amide bonds. The first kappa shape index (κ1) is 13.8. The Morgan fingerprint density at radius 3 is 2.37 bits per heavy atom. The third-order valence-corrected chi connectivity index (χ3v) is 4.55. The average molecular weight is 300 g/mol. The number of rotatable bonds is 3. The summed E-state index contributed by atoms with van der Waals surface area (Å²) in [5.41, 5.74) is 6.29. The average Bonchev–Trinajstić information content (AvgIpc) is 2.35. The highest BCUT2D eigenvalue weighted by atomic mass is 35.5. The monoisotopic (exact) mass is 299 g/mol. The van der Waals surface area contributed by atoms with Gasteiger partial charge in [0.25, 0.3) is 0 Å². The Morgan fingerprint density at radius 2 is 1.74 bits per heavy atom. The zero-order chi connectivity index (χ0) is 14.0. The quantitative estimate of drug-likeness (QED) is 0.886. The Morgan fingerprint density at radius 1 is 1.11 bits per heavy atom. The summed E-state index contributed by atoms with van der Waals surface area (Å²) in [7, 11) is -3.61. The van der Waals surface area contributed by atoms with E-state index in [2.05, 4.69) is 0 Å². The van der Waals surface area contributed by atoms with Gasteiger partial charge in [-0.05, 0) is 35.9 Å². The number of nitrogens with two attached hydrogens (primary N) is 1. The zero-order valence-corrected chi connectivity index (χ0v) is 11.4. The predicted molar refractivity (Wildman–Crippen MR) is 73.2 cm³/mol. The van der Waals surface area contributed by atoms with E-state index in [1.807, 2.05) is 0 Å². The van der Waals surface area contributed by atoms with Gasteiger partial charge in [-0.2, -0.15) is 0 Å². The molecule has 0 aliphatic heterocycles. The van der Waals surface area contributed by atoms with Crippen molar-refractivity contribution in [3.05, 3.63) is 58.9 Å². The van der Waals surface area contributed by atoms with Gasteiger partial charge in [0.1, 0.15) is 5.82 Å². The summed E-state index contributed by atoms with van der Waals surface area (Å²) in [6.07, 6.45) is 0. The van der Waals surface area contributed by atoms with Crippen LogP contribution < -0.4 is 5.73 Å². The second-order valence-corrected chi connectivity index (χ2v) is 6.46. The summed E-state index contributed by atoms with van der Waals surface area (Å²) >= 11 is 5.78. The van der Waals surface area contributed by atoms with Crippen LogP contribution in [0.2, 0.25) is 5.02 Å². The zero-order valence-electron chi connectivity index (χ0n) is 9.81. The topological polar surface area (TPSA) is 60.2 Å². The molecule has 0 fully saturated rings. The van der Waals surface area contributed by atoms with Gasteiger partial charge in [-0.25, -0.2) is 12.8 Å². The molecule has 0 spiro atoms. The molecule has 3 nitrogen and oxygen atoms in total. The van der Waals surface area contributed by atoms with Crippen molar-refractivity contribution < 1.29 is 12.8 Å². The minimum atomic E-state index is -3.61. The van der Waals surface area contributed by atoms with Crippen molar-refractivity contribution in [2.45, 2.75) is 10.6 Å². The van der Waals surface area contributed by atoms with Crippen LogP contribution >= 0.6 is 11.6 Å². The van der Waals surface area contributed by atoms with E-state index in [1.165, 1.54) is 42.5 Å². The van der Waals surface area contributed by atoms with Gasteiger partial charge in [0, 0.05) is 5.02 Å². The summed E-state index contributed by atoms with van der Waals surface area (Å²) in [6, 6.07) is 9.56. The molecule has 2 rings (SSSR count). The molecule has 19 heavy (non-hydrogen) atoms. The van der Waals surface area contributed by atoms with Gasteiger partial charge in [0.2, 0.25) is 0 Å². The van der Waals surface area contributed by atoms with Crippen LogP contribution in [-0.4, -0.2) is 8.42 Å². The molecule has 2 aromatic carbocycles. The minimum Gasteiger partial charge on any atom is -0.398 e. The first-order chi connectivity index (χ1) is 8.88. The molecule has 0 atom stereocenters. The van der Waals surface area contributed by atoms with Gasteiger partial charge >= 0.3 is 0 Å². The van der Waals surface area contributed by atoms with Crippen LogP contribution in [0, 0.1) is 5.82 Å². The number of benzene rings is 2. The van der Waals surface area contributed by atoms with E-state index in [4.69, 9.17) is 17.3 Å². The largest absolute Gasteiger partial charge is 0.398 e. The van der Waals surface area contributed by atoms with Crippen LogP contribution in [0.4, 0.5) is 10.1 Å². The van der Waals surface area contributed by atoms with E-state index < -0.39 is 15.7 Å². The summed E-state index contributed by atoms with van der Waals surface area (Å²) in [5.74, 6) is -0.666. The van der Waals surface area contributed by atoms with Crippen molar-refractivity contribution in [2.75, 3.05) is 5.73 Å². The molecular formula is C13H11ClFNO2S. The van der Waals surface area contributed by atoms with Crippen LogP contribution in [0.3, 0.4) is 0 Å². The highest BCUT2D eigenvalue weighted by Gasteiger charge is 2.18. The van der Waals surface area contributed by atoms with Crippen LogP contribution in [-0.2, 0) is 15.6 Å². The fourth-order valence-electron chi connectivity index (χ4n) is 1.66. The molecule has 0 aromatic heterocycles. The van der Waals surface area contributed by atoms with Crippen molar-refractivity contribution in [1.29, 1.82) is 0 Å². The molecule has 0 bridgehead atoms. The van der Waals surface area contributed by atoms with Gasteiger partial charge < -0.3 is 5.73 Å². The number of anilines is 1. The molecule has 2 aromatic rings. The van der Waals surface area contributed by atoms with E-state index in [0.29, 0.717) is 10.6 Å². The summed E-state index contributed by atoms with van der Waals surface area (Å²) in [6.45, 7) is 0. The van der Waals surface area contributed by atoms with E-state index in [0.717, 1.165) is 0 Å². The minimum absolute atomic E-state index is 0.00988. The molecule has 0 saturated carbocycles. The molecule has 100 valence electrons. The van der Waals surface area contributed by atoms with Gasteiger partial charge in [-0.3, -0.25) is 0 Å². The second kappa shape index (κ2) is 5.19. The van der Waals surface area contributed by atoms with Gasteiger partial charge in [-0.1, -0.05) is 23.7 Å². The Kier molecular flexibility index (Phi) is 3.78. The molecule has 0 saturated heterocycles. The number of hydrogen-bond donors (Lipinski definition) is 1. The second-order valence-electron chi connectivity index (χ2n) is 4.07. The summed E-state index contributed by atoms with van der Waals surface area (Å²) < 4.78 is 37.2. The summed E-state index contributed by atoms with van der Waals surface area (Å²) in [4.78, 5) is -0.00988. The maximum Gasteiger partial charge on any atom is 0.184 e. The Balaban J connectivity index is 2.37. The normalized spacial score (nSPS) is 11.5. The van der Waals surface area contributed by atoms with Crippen LogP contribution in [0.15, 0.2) is 47.4 Å². The Bertz CT molecular complexity index is 699. The van der Waals surface area contributed by atoms with Crippen molar-refractivity contribution in [3.63, 3.8) is 0 Å².